The number of nitrogen functional groups attached to an aromatic ring is 1. The molecular formula is C25H28N6O4. The first-order chi connectivity index (χ1) is 17.0. The number of hydrogen-bond acceptors (Lipinski definition) is 8. The van der Waals surface area contributed by atoms with Crippen molar-refractivity contribution in [3.63, 3.8) is 0 Å². The number of nitrogens with zero attached hydrogens (tertiary/aromatic N) is 3. The van der Waals surface area contributed by atoms with Gasteiger partial charge in [-0.15, -0.1) is 0 Å². The third-order valence-electron chi connectivity index (χ3n) is 5.58. The number of nitrogens with one attached hydrogen (secondary N) is 2. The molecule has 1 aromatic heterocycles. The Bertz CT molecular complexity index is 1200. The third-order valence-corrected chi connectivity index (χ3v) is 5.58. The van der Waals surface area contributed by atoms with Gasteiger partial charge < -0.3 is 30.7 Å². The number of nitrogens with two attached hydrogens (primary N) is 1. The fraction of sp³-hybridized carbons (Fsp3) is 0.280. The van der Waals surface area contributed by atoms with Crippen LogP contribution in [0.15, 0.2) is 54.7 Å². The van der Waals surface area contributed by atoms with Gasteiger partial charge in [-0.05, 0) is 35.9 Å². The number of rotatable bonds is 8. The highest BCUT2D eigenvalue weighted by Gasteiger charge is 2.22. The Morgan fingerprint density at radius 2 is 1.97 bits per heavy atom. The summed E-state index contributed by atoms with van der Waals surface area (Å²) in [4.78, 5) is 35.8. The summed E-state index contributed by atoms with van der Waals surface area (Å²) in [6.07, 6.45) is 1.57. The zero-order valence-electron chi connectivity index (χ0n) is 19.5. The van der Waals surface area contributed by atoms with Crippen LogP contribution in [0.4, 0.5) is 11.6 Å². The Morgan fingerprint density at radius 3 is 2.74 bits per heavy atom. The molecule has 0 spiro atoms. The van der Waals surface area contributed by atoms with E-state index >= 15 is 0 Å². The van der Waals surface area contributed by atoms with Gasteiger partial charge in [-0.25, -0.2) is 9.97 Å². The molecular weight excluding hydrogens is 448 g/mol. The Morgan fingerprint density at radius 1 is 1.14 bits per heavy atom. The summed E-state index contributed by atoms with van der Waals surface area (Å²) in [7, 11) is 1.60. The molecule has 0 atom stereocenters. The van der Waals surface area contributed by atoms with Crippen LogP contribution < -0.4 is 21.1 Å². The van der Waals surface area contributed by atoms with E-state index in [1.54, 1.807) is 36.4 Å². The van der Waals surface area contributed by atoms with E-state index in [1.807, 2.05) is 30.3 Å². The smallest absolute Gasteiger partial charge is 0.256 e. The second-order valence-electron chi connectivity index (χ2n) is 7.95. The monoisotopic (exact) mass is 476 g/mol. The van der Waals surface area contributed by atoms with E-state index < -0.39 is 0 Å². The topological polar surface area (TPSA) is 132 Å². The van der Waals surface area contributed by atoms with Crippen molar-refractivity contribution in [3.05, 3.63) is 65.9 Å². The molecule has 0 radical (unpaired) electrons. The van der Waals surface area contributed by atoms with Crippen LogP contribution in [0, 0.1) is 0 Å². The highest BCUT2D eigenvalue weighted by molar-refractivity contribution is 6.01. The summed E-state index contributed by atoms with van der Waals surface area (Å²) in [6.45, 7) is 2.36. The molecule has 1 aliphatic rings. The lowest BCUT2D eigenvalue weighted by Gasteiger charge is -2.28. The lowest BCUT2D eigenvalue weighted by Crippen LogP contribution is -2.41. The number of methoxy groups -OCH3 is 1. The maximum absolute atomic E-state index is 13.3. The quantitative estimate of drug-likeness (QED) is 0.449. The van der Waals surface area contributed by atoms with Gasteiger partial charge in [0.2, 0.25) is 11.9 Å². The third kappa shape index (κ3) is 6.24. The number of carbonyl (C=O) groups excluding carboxylic acids is 2. The lowest BCUT2D eigenvalue weighted by atomic mass is 10.0. The standard InChI is InChI=1S/C25H28N6O4/c1-34-19-4-2-3-17(13-19)15-29-23(32)16-28-22-6-5-18(21-7-8-27-25(26)30-21)14-20(22)24(33)31-9-11-35-12-10-31/h2-8,13-14,28H,9-12,15-16H2,1H3,(H,29,32)(H2,26,27,30). The van der Waals surface area contributed by atoms with Gasteiger partial charge in [-0.2, -0.15) is 0 Å². The number of amides is 2. The number of carbonyl (C=O) groups is 2. The van der Waals surface area contributed by atoms with Gasteiger partial charge in [0.25, 0.3) is 5.91 Å². The van der Waals surface area contributed by atoms with E-state index in [-0.39, 0.29) is 24.3 Å². The molecule has 4 rings (SSSR count). The van der Waals surface area contributed by atoms with Gasteiger partial charge in [0.15, 0.2) is 0 Å². The number of benzene rings is 2. The largest absolute Gasteiger partial charge is 0.497 e. The maximum Gasteiger partial charge on any atom is 0.256 e. The minimum atomic E-state index is -0.203. The maximum atomic E-state index is 13.3. The van der Waals surface area contributed by atoms with Gasteiger partial charge in [0.05, 0.1) is 38.1 Å². The second-order valence-corrected chi connectivity index (χ2v) is 7.95. The Balaban J connectivity index is 1.49. The Labute approximate surface area is 203 Å². The van der Waals surface area contributed by atoms with Crippen LogP contribution in [0.1, 0.15) is 15.9 Å². The van der Waals surface area contributed by atoms with Crippen LogP contribution in [0.2, 0.25) is 0 Å². The van der Waals surface area contributed by atoms with Gasteiger partial charge in [0.1, 0.15) is 5.75 Å². The van der Waals surface area contributed by atoms with Crippen LogP contribution in [0.25, 0.3) is 11.3 Å². The molecule has 0 saturated carbocycles. The van der Waals surface area contributed by atoms with Crippen molar-refractivity contribution < 1.29 is 19.1 Å². The van der Waals surface area contributed by atoms with Crippen LogP contribution in [0.3, 0.4) is 0 Å². The van der Waals surface area contributed by atoms with Crippen molar-refractivity contribution in [2.24, 2.45) is 0 Å². The number of morpholine rings is 1. The molecule has 0 unspecified atom stereocenters. The minimum Gasteiger partial charge on any atom is -0.497 e. The average molecular weight is 477 g/mol. The van der Waals surface area contributed by atoms with Gasteiger partial charge in [0, 0.05) is 37.1 Å². The molecule has 2 amide bonds. The van der Waals surface area contributed by atoms with Crippen molar-refractivity contribution in [2.75, 3.05) is 51.0 Å². The van der Waals surface area contributed by atoms with Gasteiger partial charge in [-0.1, -0.05) is 18.2 Å². The summed E-state index contributed by atoms with van der Waals surface area (Å²) in [5, 5.41) is 5.99. The molecule has 35 heavy (non-hydrogen) atoms. The number of hydrogen-bond donors (Lipinski definition) is 3. The molecule has 182 valence electrons. The zero-order chi connectivity index (χ0) is 24.6. The molecule has 10 nitrogen and oxygen atoms in total. The van der Waals surface area contributed by atoms with Crippen LogP contribution >= 0.6 is 0 Å². The summed E-state index contributed by atoms with van der Waals surface area (Å²) in [5.41, 5.74) is 9.00. The second kappa shape index (κ2) is 11.3. The minimum absolute atomic E-state index is 0.00710. The van der Waals surface area contributed by atoms with Crippen LogP contribution in [-0.2, 0) is 16.1 Å². The van der Waals surface area contributed by atoms with Crippen molar-refractivity contribution in [3.8, 4) is 17.0 Å². The lowest BCUT2D eigenvalue weighted by molar-refractivity contribution is -0.119. The highest BCUT2D eigenvalue weighted by Crippen LogP contribution is 2.26. The molecule has 3 aromatic rings. The molecule has 1 fully saturated rings. The van der Waals surface area contributed by atoms with Crippen molar-refractivity contribution in [1.82, 2.24) is 20.2 Å². The van der Waals surface area contributed by atoms with E-state index in [9.17, 15) is 9.59 Å². The zero-order valence-corrected chi connectivity index (χ0v) is 19.5. The average Bonchev–Trinajstić information content (AvgIpc) is 2.91. The molecule has 10 heteroatoms. The summed E-state index contributed by atoms with van der Waals surface area (Å²) in [5.74, 6) is 0.534. The van der Waals surface area contributed by atoms with E-state index in [4.69, 9.17) is 15.2 Å². The summed E-state index contributed by atoms with van der Waals surface area (Å²) in [6, 6.07) is 14.6. The highest BCUT2D eigenvalue weighted by atomic mass is 16.5. The van der Waals surface area contributed by atoms with E-state index in [0.717, 1.165) is 16.9 Å². The fourth-order valence-corrected chi connectivity index (χ4v) is 3.73. The first-order valence-corrected chi connectivity index (χ1v) is 11.3. The predicted molar refractivity (Wildman–Crippen MR) is 132 cm³/mol. The number of ether oxygens (including phenoxy) is 2. The molecule has 2 aromatic carbocycles. The molecule has 0 bridgehead atoms. The first-order valence-electron chi connectivity index (χ1n) is 11.3. The van der Waals surface area contributed by atoms with Crippen LogP contribution in [0.5, 0.6) is 5.75 Å². The van der Waals surface area contributed by atoms with Crippen molar-refractivity contribution in [1.29, 1.82) is 0 Å². The van der Waals surface area contributed by atoms with Gasteiger partial charge >= 0.3 is 0 Å². The SMILES string of the molecule is COc1cccc(CNC(=O)CNc2ccc(-c3ccnc(N)n3)cc2C(=O)N2CCOCC2)c1. The number of aromatic nitrogens is 2. The summed E-state index contributed by atoms with van der Waals surface area (Å²) < 4.78 is 10.6. The van der Waals surface area contributed by atoms with Crippen molar-refractivity contribution >= 4 is 23.5 Å². The normalized spacial score (nSPS) is 13.2. The molecule has 4 N–H and O–H groups in total. The van der Waals surface area contributed by atoms with E-state index in [1.165, 1.54) is 0 Å². The summed E-state index contributed by atoms with van der Waals surface area (Å²) >= 11 is 0. The molecule has 1 saturated heterocycles. The van der Waals surface area contributed by atoms with Crippen molar-refractivity contribution in [2.45, 2.75) is 6.54 Å². The van der Waals surface area contributed by atoms with E-state index in [0.29, 0.717) is 49.8 Å². The predicted octanol–water partition coefficient (Wildman–Crippen LogP) is 1.94. The first kappa shape index (κ1) is 24.0. The Hall–Kier alpha value is -4.18. The molecule has 2 heterocycles. The Kier molecular flexibility index (Phi) is 7.74. The van der Waals surface area contributed by atoms with Crippen LogP contribution in [-0.4, -0.2) is 66.6 Å². The fourth-order valence-electron chi connectivity index (χ4n) is 3.73. The number of anilines is 2. The molecule has 0 aliphatic carbocycles. The molecule has 1 aliphatic heterocycles. The van der Waals surface area contributed by atoms with E-state index in [2.05, 4.69) is 20.6 Å². The van der Waals surface area contributed by atoms with Gasteiger partial charge in [-0.3, -0.25) is 9.59 Å².